The van der Waals surface area contributed by atoms with E-state index in [1.807, 2.05) is 5.38 Å². The summed E-state index contributed by atoms with van der Waals surface area (Å²) in [4.78, 5) is 17.9. The highest BCUT2D eigenvalue weighted by molar-refractivity contribution is 7.13. The molecule has 0 N–H and O–H groups in total. The zero-order valence-corrected chi connectivity index (χ0v) is 12.4. The van der Waals surface area contributed by atoms with Gasteiger partial charge in [0.1, 0.15) is 5.69 Å². The number of thiazole rings is 1. The zero-order valence-electron chi connectivity index (χ0n) is 11.6. The smallest absolute Gasteiger partial charge is 0.186 e. The Kier molecular flexibility index (Phi) is 3.23. The van der Waals surface area contributed by atoms with E-state index in [1.54, 1.807) is 6.92 Å². The normalized spacial score (nSPS) is 21.9. The van der Waals surface area contributed by atoms with Crippen molar-refractivity contribution in [3.63, 3.8) is 0 Å². The first-order chi connectivity index (χ1) is 8.19. The molecule has 18 heavy (non-hydrogen) atoms. The molecule has 2 rings (SSSR count). The molecule has 1 aromatic rings. The SMILES string of the molecule is CC(=O)c1csc(N2CC(C)(C)OC(C)(C)C2)n1. The van der Waals surface area contributed by atoms with Gasteiger partial charge in [0, 0.05) is 25.4 Å². The van der Waals surface area contributed by atoms with Crippen molar-refractivity contribution in [1.82, 2.24) is 4.98 Å². The third kappa shape index (κ3) is 2.90. The van der Waals surface area contributed by atoms with E-state index in [1.165, 1.54) is 11.3 Å². The van der Waals surface area contributed by atoms with Crippen molar-refractivity contribution in [3.8, 4) is 0 Å². The molecule has 100 valence electrons. The summed E-state index contributed by atoms with van der Waals surface area (Å²) in [7, 11) is 0. The Hall–Kier alpha value is -0.940. The summed E-state index contributed by atoms with van der Waals surface area (Å²) in [5.74, 6) is 0.0179. The minimum absolute atomic E-state index is 0.0179. The second kappa shape index (κ2) is 4.31. The van der Waals surface area contributed by atoms with Crippen LogP contribution in [0.2, 0.25) is 0 Å². The summed E-state index contributed by atoms with van der Waals surface area (Å²) in [5.41, 5.74) is 0.144. The minimum atomic E-state index is -0.205. The van der Waals surface area contributed by atoms with Crippen molar-refractivity contribution in [3.05, 3.63) is 11.1 Å². The number of hydrogen-bond donors (Lipinski definition) is 0. The molecule has 0 radical (unpaired) electrons. The third-order valence-electron chi connectivity index (χ3n) is 2.82. The second-order valence-corrected chi connectivity index (χ2v) is 6.89. The summed E-state index contributed by atoms with van der Waals surface area (Å²) in [6, 6.07) is 0. The lowest BCUT2D eigenvalue weighted by atomic mass is 9.99. The molecule has 0 amide bonds. The lowest BCUT2D eigenvalue weighted by Crippen LogP contribution is -2.57. The summed E-state index contributed by atoms with van der Waals surface area (Å²) in [6.45, 7) is 11.5. The van der Waals surface area contributed by atoms with Crippen molar-refractivity contribution in [2.24, 2.45) is 0 Å². The number of carbonyl (C=O) groups is 1. The zero-order chi connectivity index (χ0) is 13.6. The number of nitrogens with zero attached hydrogens (tertiary/aromatic N) is 2. The van der Waals surface area contributed by atoms with Gasteiger partial charge in [-0.2, -0.15) is 0 Å². The number of ketones is 1. The molecule has 1 aliphatic heterocycles. The summed E-state index contributed by atoms with van der Waals surface area (Å²) >= 11 is 1.52. The van der Waals surface area contributed by atoms with E-state index in [-0.39, 0.29) is 17.0 Å². The molecular formula is C13H20N2O2S. The molecule has 1 saturated heterocycles. The standard InChI is InChI=1S/C13H20N2O2S/c1-9(16)10-6-18-11(14-10)15-7-12(2,3)17-13(4,5)8-15/h6H,7-8H2,1-5H3. The Morgan fingerprint density at radius 2 is 1.89 bits per heavy atom. The molecule has 0 spiro atoms. The maximum Gasteiger partial charge on any atom is 0.186 e. The fourth-order valence-corrected chi connectivity index (χ4v) is 3.36. The first-order valence-corrected chi connectivity index (χ1v) is 6.98. The predicted octanol–water partition coefficient (Wildman–Crippen LogP) is 2.74. The van der Waals surface area contributed by atoms with Crippen LogP contribution in [0, 0.1) is 0 Å². The van der Waals surface area contributed by atoms with Gasteiger partial charge in [0.2, 0.25) is 0 Å². The van der Waals surface area contributed by atoms with Gasteiger partial charge >= 0.3 is 0 Å². The van der Waals surface area contributed by atoms with E-state index in [0.29, 0.717) is 5.69 Å². The quantitative estimate of drug-likeness (QED) is 0.773. The number of hydrogen-bond acceptors (Lipinski definition) is 5. The van der Waals surface area contributed by atoms with Crippen LogP contribution in [0.1, 0.15) is 45.1 Å². The van der Waals surface area contributed by atoms with Gasteiger partial charge in [-0.05, 0) is 27.7 Å². The molecule has 2 heterocycles. The van der Waals surface area contributed by atoms with E-state index in [9.17, 15) is 4.79 Å². The van der Waals surface area contributed by atoms with Crippen LogP contribution in [0.15, 0.2) is 5.38 Å². The highest BCUT2D eigenvalue weighted by atomic mass is 32.1. The number of rotatable bonds is 2. The second-order valence-electron chi connectivity index (χ2n) is 6.05. The molecule has 0 atom stereocenters. The Bertz CT molecular complexity index is 449. The monoisotopic (exact) mass is 268 g/mol. The van der Waals surface area contributed by atoms with E-state index >= 15 is 0 Å². The van der Waals surface area contributed by atoms with Crippen LogP contribution in [0.5, 0.6) is 0 Å². The lowest BCUT2D eigenvalue weighted by Gasteiger charge is -2.47. The van der Waals surface area contributed by atoms with Crippen molar-refractivity contribution < 1.29 is 9.53 Å². The highest BCUT2D eigenvalue weighted by Gasteiger charge is 2.39. The van der Waals surface area contributed by atoms with Crippen LogP contribution >= 0.6 is 11.3 Å². The van der Waals surface area contributed by atoms with Crippen LogP contribution < -0.4 is 4.90 Å². The molecule has 5 heteroatoms. The van der Waals surface area contributed by atoms with Gasteiger partial charge in [0.15, 0.2) is 10.9 Å². The number of carbonyl (C=O) groups excluding carboxylic acids is 1. The van der Waals surface area contributed by atoms with Gasteiger partial charge in [-0.25, -0.2) is 4.98 Å². The topological polar surface area (TPSA) is 42.4 Å². The molecule has 4 nitrogen and oxygen atoms in total. The minimum Gasteiger partial charge on any atom is -0.366 e. The fourth-order valence-electron chi connectivity index (χ4n) is 2.49. The Balaban J connectivity index is 2.24. The number of aromatic nitrogens is 1. The first-order valence-electron chi connectivity index (χ1n) is 6.10. The van der Waals surface area contributed by atoms with Gasteiger partial charge in [0.05, 0.1) is 11.2 Å². The van der Waals surface area contributed by atoms with Crippen LogP contribution in [0.3, 0.4) is 0 Å². The summed E-state index contributed by atoms with van der Waals surface area (Å²) in [5, 5.41) is 2.73. The summed E-state index contributed by atoms with van der Waals surface area (Å²) < 4.78 is 6.04. The van der Waals surface area contributed by atoms with Crippen molar-refractivity contribution in [1.29, 1.82) is 0 Å². The molecule has 1 aromatic heterocycles. The molecule has 1 fully saturated rings. The third-order valence-corrected chi connectivity index (χ3v) is 3.72. The number of ether oxygens (including phenoxy) is 1. The average Bonchev–Trinajstić information content (AvgIpc) is 2.60. The molecule has 0 saturated carbocycles. The van der Waals surface area contributed by atoms with Gasteiger partial charge in [0.25, 0.3) is 0 Å². The Morgan fingerprint density at radius 3 is 2.33 bits per heavy atom. The lowest BCUT2D eigenvalue weighted by molar-refractivity contribution is -0.133. The van der Waals surface area contributed by atoms with Gasteiger partial charge in [-0.15, -0.1) is 11.3 Å². The largest absolute Gasteiger partial charge is 0.366 e. The van der Waals surface area contributed by atoms with Crippen molar-refractivity contribution in [2.45, 2.75) is 45.8 Å². The van der Waals surface area contributed by atoms with Crippen LogP contribution in [0.25, 0.3) is 0 Å². The Labute approximate surface area is 112 Å². The van der Waals surface area contributed by atoms with Crippen molar-refractivity contribution in [2.75, 3.05) is 18.0 Å². The molecule has 0 unspecified atom stereocenters. The van der Waals surface area contributed by atoms with Gasteiger partial charge in [-0.3, -0.25) is 4.79 Å². The Morgan fingerprint density at radius 1 is 1.33 bits per heavy atom. The van der Waals surface area contributed by atoms with Crippen LogP contribution in [-0.2, 0) is 4.74 Å². The maximum atomic E-state index is 11.3. The molecule has 0 bridgehead atoms. The predicted molar refractivity (Wildman–Crippen MR) is 73.6 cm³/mol. The van der Waals surface area contributed by atoms with E-state index in [2.05, 4.69) is 37.6 Å². The molecule has 1 aliphatic rings. The molecule has 0 aliphatic carbocycles. The van der Waals surface area contributed by atoms with E-state index in [4.69, 9.17) is 4.74 Å². The highest BCUT2D eigenvalue weighted by Crippen LogP contribution is 2.32. The van der Waals surface area contributed by atoms with E-state index < -0.39 is 0 Å². The fraction of sp³-hybridized carbons (Fsp3) is 0.692. The number of Topliss-reactive ketones (excluding diaryl/α,β-unsaturated/α-hetero) is 1. The number of morpholine rings is 1. The van der Waals surface area contributed by atoms with E-state index in [0.717, 1.165) is 18.2 Å². The number of anilines is 1. The van der Waals surface area contributed by atoms with Crippen molar-refractivity contribution >= 4 is 22.3 Å². The van der Waals surface area contributed by atoms with Crippen LogP contribution in [-0.4, -0.2) is 35.1 Å². The van der Waals surface area contributed by atoms with Gasteiger partial charge < -0.3 is 9.64 Å². The summed E-state index contributed by atoms with van der Waals surface area (Å²) in [6.07, 6.45) is 0. The van der Waals surface area contributed by atoms with Gasteiger partial charge in [-0.1, -0.05) is 0 Å². The maximum absolute atomic E-state index is 11.3. The average molecular weight is 268 g/mol. The molecule has 0 aromatic carbocycles. The first kappa shape index (κ1) is 13.5. The van der Waals surface area contributed by atoms with Crippen LogP contribution in [0.4, 0.5) is 5.13 Å². The molecular weight excluding hydrogens is 248 g/mol.